The quantitative estimate of drug-likeness (QED) is 0.00600. The maximum Gasteiger partial charge on any atom is 0.407 e. The van der Waals surface area contributed by atoms with Crippen molar-refractivity contribution in [3.8, 4) is 23.1 Å². The summed E-state index contributed by atoms with van der Waals surface area (Å²) in [5.74, 6) is -11.9. The number of hydrazine groups is 1. The number of ketones is 1. The number of pyridine rings is 1. The number of amides is 3. The first-order valence-corrected chi connectivity index (χ1v) is 37.7. The number of rotatable bonds is 31. The Balaban J connectivity index is 1.18. The molecule has 5 aromatic rings. The number of esters is 2. The number of carboxylic acids is 2. The van der Waals surface area contributed by atoms with Gasteiger partial charge in [-0.15, -0.1) is 0 Å². The van der Waals surface area contributed by atoms with Gasteiger partial charge < -0.3 is 54.1 Å². The van der Waals surface area contributed by atoms with E-state index in [4.69, 9.17) is 14.5 Å². The predicted octanol–water partition coefficient (Wildman–Crippen LogP) is 10.00. The molecule has 9 rings (SSSR count). The molecule has 0 saturated carbocycles. The van der Waals surface area contributed by atoms with E-state index in [2.05, 4.69) is 41.6 Å². The number of carbonyl (C=O) groups is 8. The molecule has 2 aromatic heterocycles. The molecule has 3 aromatic carbocycles. The number of likely N-dealkylation sites (tertiary alicyclic amines) is 1. The summed E-state index contributed by atoms with van der Waals surface area (Å²) in [6.07, 6.45) is -16.5. The minimum Gasteiger partial charge on any atom is -0.481 e. The van der Waals surface area contributed by atoms with Crippen LogP contribution in [-0.2, 0) is 88.0 Å². The third kappa shape index (κ3) is 21.1. The summed E-state index contributed by atoms with van der Waals surface area (Å²) in [4.78, 5) is 142. The van der Waals surface area contributed by atoms with Crippen molar-refractivity contribution >= 4 is 61.0 Å². The molecule has 37 heteroatoms. The highest BCUT2D eigenvalue weighted by Crippen LogP contribution is 2.48. The number of carbonyl (C=O) groups excluding carboxylic acids is 6. The molecule has 8 atom stereocenters. The van der Waals surface area contributed by atoms with Crippen molar-refractivity contribution in [2.45, 2.75) is 173 Å². The smallest absolute Gasteiger partial charge is 0.407 e. The summed E-state index contributed by atoms with van der Waals surface area (Å²) >= 11 is 0. The summed E-state index contributed by atoms with van der Waals surface area (Å²) in [5, 5.41) is 26.1. The lowest BCUT2D eigenvalue weighted by atomic mass is 9.75. The van der Waals surface area contributed by atoms with Gasteiger partial charge in [-0.05, 0) is 111 Å². The summed E-state index contributed by atoms with van der Waals surface area (Å²) < 4.78 is 187. The summed E-state index contributed by atoms with van der Waals surface area (Å²) in [6, 6.07) is 11.2. The number of halogens is 10. The summed E-state index contributed by atoms with van der Waals surface area (Å²) in [5.41, 5.74) is -7.21. The van der Waals surface area contributed by atoms with E-state index >= 15 is 44.7 Å². The number of methoxy groups -OCH3 is 2. The van der Waals surface area contributed by atoms with Crippen LogP contribution in [0.1, 0.15) is 131 Å². The SMILES string of the molecule is COC(=O)C[C@H](C(=O)NN(Cc1c(F)cc(-c2ccn(C(F)F)n2)cc1F)C[C@H](OC(=O)CC(C)(C)c1c(CC(=O)N2C[C@@H](C(=O)O)C[C@H]2C(=O)O)cc(C)cc1CP(=O)(O)O)[C@@H](CC(=O)[C@@H](NC(=O)OC)C(C)(C)C(F)(F)F)Cc1ccc(C#Cc2ccc(N3CC4CCC(C3)N4C3COC3)nc2)cc1)C(C)(C)C(F)(F)F. The number of piperazine rings is 1. The number of ether oxygens (including phenoxy) is 4. The van der Waals surface area contributed by atoms with Gasteiger partial charge in [0.25, 0.3) is 0 Å². The average molecular weight is 1620 g/mol. The topological polar surface area (TPSA) is 339 Å². The molecule has 2 unspecified atom stereocenters. The van der Waals surface area contributed by atoms with Crippen molar-refractivity contribution in [1.82, 2.24) is 40.3 Å². The normalized spacial score (nSPS) is 18.9. The Kier molecular flexibility index (Phi) is 27.1. The molecule has 4 fully saturated rings. The molecule has 3 amide bonds. The first kappa shape index (κ1) is 87.4. The largest absolute Gasteiger partial charge is 0.481 e. The van der Waals surface area contributed by atoms with Crippen molar-refractivity contribution in [3.05, 3.63) is 135 Å². The highest BCUT2D eigenvalue weighted by atomic mass is 31.2. The van der Waals surface area contributed by atoms with E-state index in [1.54, 1.807) is 12.3 Å². The van der Waals surface area contributed by atoms with Gasteiger partial charge in [-0.2, -0.15) is 40.2 Å². The second-order valence-corrected chi connectivity index (χ2v) is 32.4. The monoisotopic (exact) mass is 1620 g/mol. The number of alkyl halides is 8. The number of hydrogen-bond acceptors (Lipinski definition) is 18. The number of aryl methyl sites for hydroxylation is 1. The molecule has 4 saturated heterocycles. The average Bonchev–Trinajstić information content (AvgIpc) is 1.75. The number of alkyl carbamates (subject to hydrolysis) is 1. The number of benzene rings is 3. The lowest BCUT2D eigenvalue weighted by molar-refractivity contribution is -0.231. The van der Waals surface area contributed by atoms with Gasteiger partial charge in [0.05, 0.1) is 93.8 Å². The van der Waals surface area contributed by atoms with E-state index in [0.29, 0.717) is 87.3 Å². The van der Waals surface area contributed by atoms with Gasteiger partial charge in [-0.3, -0.25) is 43.7 Å². The second-order valence-electron chi connectivity index (χ2n) is 30.7. The number of Topliss-reactive ketones (excluding diaryl/α,β-unsaturated/α-hetero) is 1. The number of anilines is 1. The molecule has 4 aliphatic heterocycles. The van der Waals surface area contributed by atoms with Crippen LogP contribution >= 0.6 is 7.60 Å². The number of nitrogens with one attached hydrogen (secondary N) is 2. The van der Waals surface area contributed by atoms with E-state index in [-0.39, 0.29) is 32.5 Å². The standard InChI is InChI=1S/C76H88F10N9O17P/c1-41-22-47(29-62(97)93-33-48(68(101)102)27-58(93)69(103)104)65(49(23-41)40-113(106,107)108)72(2,3)31-64(99)112-60(37-92(90-67(100)54(30-63(98)109-8)73(4,5)75(81,82)83)36-53-55(77)25-45(26-56(53)78)57-20-21-94(89-57)70(79)80)46(28-59(96)66(88-71(105)110-9)74(6,7)76(84,85)86)24-43-13-10-42(11-14-43)12-15-44-16-19-61(87-32-44)91-34-50-17-18-51(35-91)95(50)52-38-111-39-52/h10-11,13-14,16,19-23,25-26,32,46,48,50-52,54,58,60,66,70H,17-18,24,27-31,33-40H2,1-9H3,(H,88,105)(H,90,100)(H,101,102)(H,103,104)(H2,106,107,108)/t46-,48+,50?,51?,54-,58+,60+,66-/m1/s1. The lowest BCUT2D eigenvalue weighted by Gasteiger charge is -2.47. The molecule has 26 nitrogen and oxygen atoms in total. The molecular formula is C76H88F10N9O17P. The third-order valence-electron chi connectivity index (χ3n) is 21.4. The van der Waals surface area contributed by atoms with E-state index in [0.717, 1.165) is 63.1 Å². The van der Waals surface area contributed by atoms with Crippen LogP contribution in [0.5, 0.6) is 0 Å². The molecule has 2 bridgehead atoms. The summed E-state index contributed by atoms with van der Waals surface area (Å²) in [7, 11) is -3.59. The highest BCUT2D eigenvalue weighted by molar-refractivity contribution is 7.50. The number of hydrogen-bond donors (Lipinski definition) is 6. The Morgan fingerprint density at radius 2 is 1.37 bits per heavy atom. The van der Waals surface area contributed by atoms with Crippen LogP contribution < -0.4 is 15.6 Å². The van der Waals surface area contributed by atoms with Crippen molar-refractivity contribution in [2.24, 2.45) is 28.6 Å². The van der Waals surface area contributed by atoms with E-state index in [9.17, 15) is 62.1 Å². The molecule has 6 N–H and O–H groups in total. The Morgan fingerprint density at radius 3 is 1.90 bits per heavy atom. The Morgan fingerprint density at radius 1 is 0.761 bits per heavy atom. The van der Waals surface area contributed by atoms with Gasteiger partial charge in [-0.1, -0.05) is 69.4 Å². The van der Waals surface area contributed by atoms with Crippen LogP contribution in [-0.4, -0.2) is 199 Å². The minimum absolute atomic E-state index is 0.0838. The van der Waals surface area contributed by atoms with Crippen LogP contribution in [0.25, 0.3) is 11.3 Å². The number of aliphatic carboxylic acids is 2. The fourth-order valence-corrected chi connectivity index (χ4v) is 15.8. The molecule has 0 aliphatic carbocycles. The second kappa shape index (κ2) is 35.1. The molecule has 6 heterocycles. The Hall–Kier alpha value is -9.53. The van der Waals surface area contributed by atoms with Gasteiger partial charge in [0.15, 0.2) is 5.78 Å². The predicted molar refractivity (Wildman–Crippen MR) is 382 cm³/mol. The maximum atomic E-state index is 16.9. The Bertz CT molecular complexity index is 4450. The van der Waals surface area contributed by atoms with Crippen LogP contribution in [0.3, 0.4) is 0 Å². The molecule has 0 spiro atoms. The molecular weight excluding hydrogens is 1530 g/mol. The van der Waals surface area contributed by atoms with Crippen LogP contribution in [0.15, 0.2) is 79.1 Å². The zero-order valence-electron chi connectivity index (χ0n) is 63.0. The van der Waals surface area contributed by atoms with Gasteiger partial charge >= 0.3 is 56.5 Å². The van der Waals surface area contributed by atoms with Gasteiger partial charge in [-0.25, -0.2) is 33.0 Å². The van der Waals surface area contributed by atoms with Crippen molar-refractivity contribution in [2.75, 3.05) is 58.5 Å². The molecule has 113 heavy (non-hydrogen) atoms. The van der Waals surface area contributed by atoms with E-state index in [1.165, 1.54) is 57.2 Å². The fourth-order valence-electron chi connectivity index (χ4n) is 15.1. The molecule has 4 aliphatic rings. The van der Waals surface area contributed by atoms with Crippen molar-refractivity contribution < 1.29 is 126 Å². The zero-order valence-corrected chi connectivity index (χ0v) is 63.9. The number of aromatic nitrogens is 3. The zero-order chi connectivity index (χ0) is 83.4. The van der Waals surface area contributed by atoms with Gasteiger partial charge in [0.2, 0.25) is 11.8 Å². The minimum atomic E-state index is -5.34. The first-order chi connectivity index (χ1) is 52.7. The number of nitrogens with zero attached hydrogens (tertiary/aromatic N) is 7. The van der Waals surface area contributed by atoms with Crippen LogP contribution in [0.4, 0.5) is 54.5 Å². The first-order valence-electron chi connectivity index (χ1n) is 35.9. The molecule has 614 valence electrons. The maximum absolute atomic E-state index is 16.9. The van der Waals surface area contributed by atoms with E-state index in [1.807, 2.05) is 11.4 Å². The van der Waals surface area contributed by atoms with Gasteiger partial charge in [0, 0.05) is 90.7 Å². The number of carboxylic acid groups (broad SMARTS) is 2. The van der Waals surface area contributed by atoms with Crippen molar-refractivity contribution in [1.29, 1.82) is 0 Å². The third-order valence-corrected chi connectivity index (χ3v) is 22.2. The summed E-state index contributed by atoms with van der Waals surface area (Å²) in [6.45, 7) is 2.80. The van der Waals surface area contributed by atoms with Crippen molar-refractivity contribution in [3.63, 3.8) is 0 Å². The lowest BCUT2D eigenvalue weighted by Crippen LogP contribution is -2.62. The number of fused-ring (bicyclic) bond motifs is 2. The van der Waals surface area contributed by atoms with Crippen LogP contribution in [0, 0.1) is 59.0 Å². The fraction of sp³-hybridized carbons (Fsp3) is 0.526. The van der Waals surface area contributed by atoms with Crippen LogP contribution in [0.2, 0.25) is 0 Å². The van der Waals surface area contributed by atoms with E-state index < -0.39 is 219 Å². The highest BCUT2D eigenvalue weighted by Gasteiger charge is 2.58. The van der Waals surface area contributed by atoms with Gasteiger partial charge in [0.1, 0.15) is 35.6 Å². The Labute approximate surface area is 643 Å². The molecule has 0 radical (unpaired) electrons.